The Morgan fingerprint density at radius 2 is 2.22 bits per heavy atom. The van der Waals surface area contributed by atoms with Crippen LogP contribution >= 0.6 is 11.3 Å². The minimum Gasteiger partial charge on any atom is -0.345 e. The molecule has 0 radical (unpaired) electrons. The maximum absolute atomic E-state index is 12.9. The summed E-state index contributed by atoms with van der Waals surface area (Å²) >= 11 is 1.52. The number of hydrogen-bond donors (Lipinski definition) is 2. The highest BCUT2D eigenvalue weighted by Crippen LogP contribution is 2.43. The van der Waals surface area contributed by atoms with Crippen LogP contribution in [0.2, 0.25) is 0 Å². The van der Waals surface area contributed by atoms with Crippen LogP contribution in [-0.4, -0.2) is 23.4 Å². The zero-order chi connectivity index (χ0) is 16.1. The van der Waals surface area contributed by atoms with Gasteiger partial charge in [0.25, 0.3) is 0 Å². The smallest absolute Gasteiger partial charge is 0.243 e. The highest BCUT2D eigenvalue weighted by atomic mass is 32.2. The van der Waals surface area contributed by atoms with Gasteiger partial charge in [-0.15, -0.1) is 11.3 Å². The van der Waals surface area contributed by atoms with E-state index >= 15 is 0 Å². The van der Waals surface area contributed by atoms with Gasteiger partial charge < -0.3 is 4.98 Å². The maximum atomic E-state index is 12.9. The van der Waals surface area contributed by atoms with Gasteiger partial charge in [-0.2, -0.15) is 4.72 Å². The molecule has 0 amide bonds. The molecule has 1 saturated carbocycles. The van der Waals surface area contributed by atoms with Crippen molar-refractivity contribution in [3.63, 3.8) is 0 Å². The molecule has 3 heterocycles. The summed E-state index contributed by atoms with van der Waals surface area (Å²) in [6.07, 6.45) is 5.68. The summed E-state index contributed by atoms with van der Waals surface area (Å²) in [6, 6.07) is 3.49. The summed E-state index contributed by atoms with van der Waals surface area (Å²) in [5.41, 5.74) is 0.927. The number of H-pyrrole nitrogens is 1. The molecule has 3 aromatic rings. The van der Waals surface area contributed by atoms with Crippen molar-refractivity contribution in [2.75, 3.05) is 0 Å². The van der Waals surface area contributed by atoms with Gasteiger partial charge >= 0.3 is 0 Å². The first-order valence-corrected chi connectivity index (χ1v) is 9.75. The third-order valence-corrected chi connectivity index (χ3v) is 7.01. The van der Waals surface area contributed by atoms with E-state index in [0.29, 0.717) is 11.0 Å². The van der Waals surface area contributed by atoms with E-state index in [-0.39, 0.29) is 4.90 Å². The third kappa shape index (κ3) is 2.37. The number of sulfonamides is 1. The molecule has 0 atom stereocenters. The van der Waals surface area contributed by atoms with Crippen molar-refractivity contribution < 1.29 is 8.42 Å². The van der Waals surface area contributed by atoms with Gasteiger partial charge in [-0.1, -0.05) is 0 Å². The molecule has 6 nitrogen and oxygen atoms in total. The second kappa shape index (κ2) is 5.12. The van der Waals surface area contributed by atoms with E-state index in [2.05, 4.69) is 19.7 Å². The van der Waals surface area contributed by atoms with Gasteiger partial charge in [0.2, 0.25) is 10.0 Å². The Morgan fingerprint density at radius 3 is 2.87 bits per heavy atom. The predicted octanol–water partition coefficient (Wildman–Crippen LogP) is 2.69. The van der Waals surface area contributed by atoms with Gasteiger partial charge in [-0.25, -0.2) is 18.4 Å². The number of rotatable bonds is 4. The fourth-order valence-electron chi connectivity index (χ4n) is 2.93. The number of nitrogens with zero attached hydrogens (tertiary/aromatic N) is 2. The average molecular weight is 348 g/mol. The minimum absolute atomic E-state index is 0.236. The molecule has 4 rings (SSSR count). The van der Waals surface area contributed by atoms with Crippen LogP contribution in [-0.2, 0) is 15.6 Å². The van der Waals surface area contributed by atoms with Crippen LogP contribution in [0.1, 0.15) is 30.0 Å². The topological polar surface area (TPSA) is 87.7 Å². The van der Waals surface area contributed by atoms with Crippen LogP contribution in [0.3, 0.4) is 0 Å². The van der Waals surface area contributed by atoms with E-state index in [0.717, 1.165) is 30.0 Å². The normalized spacial score (nSPS) is 17.3. The maximum Gasteiger partial charge on any atom is 0.243 e. The van der Waals surface area contributed by atoms with Crippen molar-refractivity contribution >= 4 is 32.4 Å². The Hall–Kier alpha value is -1.77. The van der Waals surface area contributed by atoms with E-state index < -0.39 is 15.6 Å². The fourth-order valence-corrected chi connectivity index (χ4v) is 5.60. The minimum atomic E-state index is -3.66. The molecule has 3 aromatic heterocycles. The van der Waals surface area contributed by atoms with Crippen molar-refractivity contribution in [1.82, 2.24) is 19.7 Å². The number of aromatic nitrogens is 3. The standard InChI is InChI=1S/C15H16N4O2S2/c1-10-9-22-14(18-10)15(5-3-6-15)19-23(20,21)12-8-17-13-11(12)4-2-7-16-13/h2,4,7-9,19H,3,5-6H2,1H3,(H,16,17). The second-order valence-corrected chi connectivity index (χ2v) is 8.40. The summed E-state index contributed by atoms with van der Waals surface area (Å²) in [4.78, 5) is 11.8. The summed E-state index contributed by atoms with van der Waals surface area (Å²) < 4.78 is 28.7. The lowest BCUT2D eigenvalue weighted by atomic mass is 9.78. The number of aromatic amines is 1. The zero-order valence-corrected chi connectivity index (χ0v) is 14.2. The van der Waals surface area contributed by atoms with Crippen molar-refractivity contribution in [3.05, 3.63) is 40.6 Å². The molecular formula is C15H16N4O2S2. The Bertz CT molecular complexity index is 970. The van der Waals surface area contributed by atoms with Gasteiger partial charge in [0, 0.05) is 28.9 Å². The first-order chi connectivity index (χ1) is 11.0. The molecule has 2 N–H and O–H groups in total. The average Bonchev–Trinajstić information content (AvgIpc) is 3.09. The predicted molar refractivity (Wildman–Crippen MR) is 88.8 cm³/mol. The van der Waals surface area contributed by atoms with Crippen molar-refractivity contribution in [2.45, 2.75) is 36.6 Å². The van der Waals surface area contributed by atoms with Crippen LogP contribution in [0.4, 0.5) is 0 Å². The van der Waals surface area contributed by atoms with Gasteiger partial charge in [-0.05, 0) is 38.3 Å². The summed E-state index contributed by atoms with van der Waals surface area (Å²) in [6.45, 7) is 1.92. The monoisotopic (exact) mass is 348 g/mol. The molecule has 0 unspecified atom stereocenters. The lowest BCUT2D eigenvalue weighted by Gasteiger charge is -2.40. The molecule has 8 heteroatoms. The van der Waals surface area contributed by atoms with Crippen LogP contribution < -0.4 is 4.72 Å². The quantitative estimate of drug-likeness (QED) is 0.759. The van der Waals surface area contributed by atoms with E-state index in [9.17, 15) is 8.42 Å². The Balaban J connectivity index is 1.74. The second-order valence-electron chi connectivity index (χ2n) is 5.89. The number of nitrogens with one attached hydrogen (secondary N) is 2. The molecule has 0 bridgehead atoms. The van der Waals surface area contributed by atoms with Gasteiger partial charge in [-0.3, -0.25) is 0 Å². The molecule has 0 spiro atoms. The number of pyridine rings is 1. The van der Waals surface area contributed by atoms with E-state index in [1.807, 2.05) is 12.3 Å². The molecule has 1 aliphatic carbocycles. The molecule has 0 aromatic carbocycles. The highest BCUT2D eigenvalue weighted by Gasteiger charge is 2.45. The van der Waals surface area contributed by atoms with Crippen molar-refractivity contribution in [3.8, 4) is 0 Å². The van der Waals surface area contributed by atoms with Gasteiger partial charge in [0.05, 0.1) is 5.54 Å². The summed E-state index contributed by atoms with van der Waals surface area (Å²) in [7, 11) is -3.66. The summed E-state index contributed by atoms with van der Waals surface area (Å²) in [5.74, 6) is 0. The highest BCUT2D eigenvalue weighted by molar-refractivity contribution is 7.89. The van der Waals surface area contributed by atoms with Crippen LogP contribution in [0.5, 0.6) is 0 Å². The van der Waals surface area contributed by atoms with Gasteiger partial charge in [0.15, 0.2) is 0 Å². The molecule has 23 heavy (non-hydrogen) atoms. The third-order valence-electron chi connectivity index (χ3n) is 4.27. The van der Waals surface area contributed by atoms with E-state index in [4.69, 9.17) is 0 Å². The molecule has 0 aliphatic heterocycles. The number of fused-ring (bicyclic) bond motifs is 1. The number of thiazole rings is 1. The fraction of sp³-hybridized carbons (Fsp3) is 0.333. The number of hydrogen-bond acceptors (Lipinski definition) is 5. The van der Waals surface area contributed by atoms with E-state index in [1.165, 1.54) is 17.5 Å². The lowest BCUT2D eigenvalue weighted by Crippen LogP contribution is -2.50. The molecule has 0 saturated heterocycles. The Labute approximate surface area is 138 Å². The molecule has 1 aliphatic rings. The molecule has 1 fully saturated rings. The lowest BCUT2D eigenvalue weighted by molar-refractivity contribution is 0.223. The zero-order valence-electron chi connectivity index (χ0n) is 12.5. The van der Waals surface area contributed by atoms with Crippen LogP contribution in [0, 0.1) is 6.92 Å². The largest absolute Gasteiger partial charge is 0.345 e. The van der Waals surface area contributed by atoms with Crippen molar-refractivity contribution in [1.29, 1.82) is 0 Å². The first kappa shape index (κ1) is 14.8. The SMILES string of the molecule is Cc1csc(C2(NS(=O)(=O)c3c[nH]c4ncccc34)CCC2)n1. The van der Waals surface area contributed by atoms with Crippen LogP contribution in [0.15, 0.2) is 34.8 Å². The summed E-state index contributed by atoms with van der Waals surface area (Å²) in [5, 5.41) is 3.41. The first-order valence-electron chi connectivity index (χ1n) is 7.39. The van der Waals surface area contributed by atoms with Crippen LogP contribution in [0.25, 0.3) is 11.0 Å². The van der Waals surface area contributed by atoms with E-state index in [1.54, 1.807) is 18.3 Å². The molecular weight excluding hydrogens is 332 g/mol. The van der Waals surface area contributed by atoms with Crippen molar-refractivity contribution in [2.24, 2.45) is 0 Å². The number of aryl methyl sites for hydroxylation is 1. The Kier molecular flexibility index (Phi) is 3.29. The Morgan fingerprint density at radius 1 is 1.39 bits per heavy atom. The van der Waals surface area contributed by atoms with Gasteiger partial charge in [0.1, 0.15) is 15.6 Å². The molecule has 120 valence electrons.